The fourth-order valence-corrected chi connectivity index (χ4v) is 2.78. The molecule has 6 nitrogen and oxygen atoms in total. The van der Waals surface area contributed by atoms with Crippen molar-refractivity contribution in [3.63, 3.8) is 0 Å². The summed E-state index contributed by atoms with van der Waals surface area (Å²) in [4.78, 5) is 18.5. The third-order valence-corrected chi connectivity index (χ3v) is 4.11. The third kappa shape index (κ3) is 3.55. The Kier molecular flexibility index (Phi) is 4.37. The summed E-state index contributed by atoms with van der Waals surface area (Å²) in [5, 5.41) is 10.9. The van der Waals surface area contributed by atoms with Crippen molar-refractivity contribution in [1.82, 2.24) is 9.97 Å². The Hall–Kier alpha value is -3.93. The van der Waals surface area contributed by atoms with Crippen LogP contribution in [-0.4, -0.2) is 14.9 Å². The molecule has 0 radical (unpaired) electrons. The molecule has 2 heterocycles. The highest BCUT2D eigenvalue weighted by Crippen LogP contribution is 2.31. The zero-order chi connectivity index (χ0) is 18.6. The first-order chi connectivity index (χ1) is 13.2. The lowest BCUT2D eigenvalue weighted by Gasteiger charge is -2.03. The number of benzene rings is 2. The summed E-state index contributed by atoms with van der Waals surface area (Å²) < 4.78 is 5.06. The standard InChI is InChI=1S/C21H15N3O3/c25-24(26)18-9-7-17(8-10-18)21-20(16-4-2-1-3-5-16)22-19(23-21)11-6-15-12-13-27-14-15/h1-14H,(H,22,23)/b11-6-. The number of nitro groups is 1. The van der Waals surface area contributed by atoms with Crippen LogP contribution in [0.1, 0.15) is 11.4 Å². The Balaban J connectivity index is 1.77. The Bertz CT molecular complexity index is 1080. The Morgan fingerprint density at radius 3 is 2.41 bits per heavy atom. The van der Waals surface area contributed by atoms with E-state index in [0.29, 0.717) is 5.82 Å². The minimum absolute atomic E-state index is 0.0552. The van der Waals surface area contributed by atoms with E-state index >= 15 is 0 Å². The number of aromatic nitrogens is 2. The number of aromatic amines is 1. The molecule has 0 unspecified atom stereocenters. The average Bonchev–Trinajstić information content (AvgIpc) is 3.37. The Morgan fingerprint density at radius 1 is 0.963 bits per heavy atom. The highest BCUT2D eigenvalue weighted by atomic mass is 16.6. The van der Waals surface area contributed by atoms with Crippen molar-refractivity contribution in [3.8, 4) is 22.5 Å². The summed E-state index contributed by atoms with van der Waals surface area (Å²) >= 11 is 0. The number of non-ortho nitro benzene ring substituents is 1. The number of imidazole rings is 1. The lowest BCUT2D eigenvalue weighted by Crippen LogP contribution is -1.88. The number of nitrogens with one attached hydrogen (secondary N) is 1. The van der Waals surface area contributed by atoms with Gasteiger partial charge in [0.15, 0.2) is 0 Å². The minimum atomic E-state index is -0.409. The summed E-state index contributed by atoms with van der Waals surface area (Å²) in [6.07, 6.45) is 7.03. The van der Waals surface area contributed by atoms with E-state index in [-0.39, 0.29) is 5.69 Å². The van der Waals surface area contributed by atoms with Gasteiger partial charge in [0.1, 0.15) is 5.82 Å². The van der Waals surface area contributed by atoms with Crippen LogP contribution in [0, 0.1) is 10.1 Å². The summed E-state index contributed by atoms with van der Waals surface area (Å²) in [5.74, 6) is 0.684. The van der Waals surface area contributed by atoms with Crippen molar-refractivity contribution in [3.05, 3.63) is 94.7 Å². The predicted octanol–water partition coefficient (Wildman–Crippen LogP) is 5.42. The van der Waals surface area contributed by atoms with Crippen LogP contribution in [0.5, 0.6) is 0 Å². The monoisotopic (exact) mass is 357 g/mol. The fraction of sp³-hybridized carbons (Fsp3) is 0. The van der Waals surface area contributed by atoms with Crippen molar-refractivity contribution >= 4 is 17.8 Å². The molecule has 2 aromatic heterocycles. The first-order valence-electron chi connectivity index (χ1n) is 8.31. The van der Waals surface area contributed by atoms with Crippen molar-refractivity contribution in [2.75, 3.05) is 0 Å². The molecule has 0 aliphatic heterocycles. The second kappa shape index (κ2) is 7.13. The molecule has 0 aliphatic rings. The van der Waals surface area contributed by atoms with E-state index in [2.05, 4.69) is 4.98 Å². The van der Waals surface area contributed by atoms with E-state index < -0.39 is 4.92 Å². The van der Waals surface area contributed by atoms with Crippen molar-refractivity contribution < 1.29 is 9.34 Å². The molecule has 6 heteroatoms. The maximum absolute atomic E-state index is 10.9. The Labute approximate surface area is 155 Å². The van der Waals surface area contributed by atoms with E-state index in [4.69, 9.17) is 9.40 Å². The predicted molar refractivity (Wildman–Crippen MR) is 104 cm³/mol. The van der Waals surface area contributed by atoms with Crippen LogP contribution in [0.3, 0.4) is 0 Å². The van der Waals surface area contributed by atoms with Gasteiger partial charge < -0.3 is 9.40 Å². The van der Waals surface area contributed by atoms with Crippen LogP contribution in [-0.2, 0) is 0 Å². The number of nitrogens with zero attached hydrogens (tertiary/aromatic N) is 2. The molecule has 1 N–H and O–H groups in total. The molecule has 132 valence electrons. The number of rotatable bonds is 5. The highest BCUT2D eigenvalue weighted by molar-refractivity contribution is 5.81. The lowest BCUT2D eigenvalue weighted by atomic mass is 10.0. The van der Waals surface area contributed by atoms with Gasteiger partial charge in [0.25, 0.3) is 5.69 Å². The van der Waals surface area contributed by atoms with Gasteiger partial charge in [-0.1, -0.05) is 30.3 Å². The van der Waals surface area contributed by atoms with Crippen LogP contribution in [0.4, 0.5) is 5.69 Å². The first-order valence-corrected chi connectivity index (χ1v) is 8.31. The van der Waals surface area contributed by atoms with Gasteiger partial charge in [-0.15, -0.1) is 0 Å². The van der Waals surface area contributed by atoms with Crippen LogP contribution < -0.4 is 0 Å². The molecule has 0 amide bonds. The molecule has 4 aromatic rings. The molecule has 0 spiro atoms. The SMILES string of the molecule is O=[N+]([O-])c1ccc(-c2[nH]c(/C=C\c3ccoc3)nc2-c2ccccc2)cc1. The molecule has 4 rings (SSSR count). The van der Waals surface area contributed by atoms with Crippen LogP contribution >= 0.6 is 0 Å². The number of nitro benzene ring substituents is 1. The molecule has 2 aromatic carbocycles. The average molecular weight is 357 g/mol. The van der Waals surface area contributed by atoms with Gasteiger partial charge in [-0.2, -0.15) is 0 Å². The van der Waals surface area contributed by atoms with Gasteiger partial charge in [-0.05, 0) is 30.4 Å². The molecule has 0 atom stereocenters. The molecular weight excluding hydrogens is 342 g/mol. The summed E-state index contributed by atoms with van der Waals surface area (Å²) in [6.45, 7) is 0. The number of furan rings is 1. The number of hydrogen-bond donors (Lipinski definition) is 1. The summed E-state index contributed by atoms with van der Waals surface area (Å²) in [7, 11) is 0. The van der Waals surface area contributed by atoms with Crippen LogP contribution in [0.2, 0.25) is 0 Å². The van der Waals surface area contributed by atoms with Gasteiger partial charge in [-0.25, -0.2) is 4.98 Å². The van der Waals surface area contributed by atoms with E-state index in [0.717, 1.165) is 28.1 Å². The van der Waals surface area contributed by atoms with Crippen molar-refractivity contribution in [1.29, 1.82) is 0 Å². The van der Waals surface area contributed by atoms with Gasteiger partial charge in [-0.3, -0.25) is 10.1 Å². The lowest BCUT2D eigenvalue weighted by molar-refractivity contribution is -0.384. The van der Waals surface area contributed by atoms with Crippen LogP contribution in [0.25, 0.3) is 34.7 Å². The largest absolute Gasteiger partial charge is 0.472 e. The quantitative estimate of drug-likeness (QED) is 0.382. The molecule has 0 fully saturated rings. The van der Waals surface area contributed by atoms with Gasteiger partial charge in [0.05, 0.1) is 28.8 Å². The first kappa shape index (κ1) is 16.5. The van der Waals surface area contributed by atoms with Crippen molar-refractivity contribution in [2.45, 2.75) is 0 Å². The number of H-pyrrole nitrogens is 1. The van der Waals surface area contributed by atoms with Crippen molar-refractivity contribution in [2.24, 2.45) is 0 Å². The second-order valence-electron chi connectivity index (χ2n) is 5.91. The minimum Gasteiger partial charge on any atom is -0.472 e. The van der Waals surface area contributed by atoms with Gasteiger partial charge in [0.2, 0.25) is 0 Å². The fourth-order valence-electron chi connectivity index (χ4n) is 2.78. The normalized spacial score (nSPS) is 11.1. The Morgan fingerprint density at radius 2 is 1.74 bits per heavy atom. The highest BCUT2D eigenvalue weighted by Gasteiger charge is 2.14. The summed E-state index contributed by atoms with van der Waals surface area (Å²) in [6, 6.07) is 18.1. The van der Waals surface area contributed by atoms with E-state index in [1.165, 1.54) is 12.1 Å². The third-order valence-electron chi connectivity index (χ3n) is 4.11. The molecule has 0 saturated heterocycles. The zero-order valence-electron chi connectivity index (χ0n) is 14.2. The van der Waals surface area contributed by atoms with Crippen LogP contribution in [0.15, 0.2) is 77.6 Å². The van der Waals surface area contributed by atoms with E-state index in [1.54, 1.807) is 24.7 Å². The molecule has 0 saturated carbocycles. The summed E-state index contributed by atoms with van der Waals surface area (Å²) in [5.41, 5.74) is 4.38. The smallest absolute Gasteiger partial charge is 0.269 e. The van der Waals surface area contributed by atoms with E-state index in [9.17, 15) is 10.1 Å². The maximum Gasteiger partial charge on any atom is 0.269 e. The topological polar surface area (TPSA) is 85.0 Å². The second-order valence-corrected chi connectivity index (χ2v) is 5.91. The maximum atomic E-state index is 10.9. The number of hydrogen-bond acceptors (Lipinski definition) is 4. The molecular formula is C21H15N3O3. The van der Waals surface area contributed by atoms with E-state index in [1.807, 2.05) is 48.6 Å². The zero-order valence-corrected chi connectivity index (χ0v) is 14.2. The molecule has 0 aliphatic carbocycles. The van der Waals surface area contributed by atoms with Gasteiger partial charge in [0, 0.05) is 28.8 Å². The molecule has 27 heavy (non-hydrogen) atoms. The van der Waals surface area contributed by atoms with Gasteiger partial charge >= 0.3 is 0 Å². The molecule has 0 bridgehead atoms.